The molecule has 0 aromatic heterocycles. The fourth-order valence-corrected chi connectivity index (χ4v) is 2.28. The Labute approximate surface area is 116 Å². The highest BCUT2D eigenvalue weighted by Gasteiger charge is 2.35. The third-order valence-electron chi connectivity index (χ3n) is 3.26. The molecule has 2 nitrogen and oxygen atoms in total. The normalized spacial score (nSPS) is 13.8. The van der Waals surface area contributed by atoms with Crippen molar-refractivity contribution in [3.63, 3.8) is 0 Å². The van der Waals surface area contributed by atoms with Crippen LogP contribution in [0.4, 0.5) is 17.6 Å². The Morgan fingerprint density at radius 1 is 1.25 bits per heavy atom. The van der Waals surface area contributed by atoms with Crippen molar-refractivity contribution in [2.75, 3.05) is 19.6 Å². The molecule has 0 radical (unpaired) electrons. The molecule has 0 aliphatic rings. The Kier molecular flexibility index (Phi) is 5.95. The smallest absolute Gasteiger partial charge is 0.329 e. The quantitative estimate of drug-likeness (QED) is 0.812. The predicted octanol–water partition coefficient (Wildman–Crippen LogP) is 3.58. The maximum atomic E-state index is 13.3. The number of halogens is 4. The number of nitrogens with two attached hydrogens (primary N) is 1. The summed E-state index contributed by atoms with van der Waals surface area (Å²) in [4.78, 5) is 1.99. The predicted molar refractivity (Wildman–Crippen MR) is 70.7 cm³/mol. The van der Waals surface area contributed by atoms with E-state index in [0.717, 1.165) is 25.1 Å². The second-order valence-corrected chi connectivity index (χ2v) is 4.62. The highest BCUT2D eigenvalue weighted by atomic mass is 19.4. The van der Waals surface area contributed by atoms with Crippen molar-refractivity contribution in [3.8, 4) is 0 Å². The average Bonchev–Trinajstić information content (AvgIpc) is 2.38. The van der Waals surface area contributed by atoms with Crippen LogP contribution in [0.2, 0.25) is 0 Å². The van der Waals surface area contributed by atoms with Gasteiger partial charge in [0.15, 0.2) is 0 Å². The van der Waals surface area contributed by atoms with Crippen molar-refractivity contribution in [1.29, 1.82) is 0 Å². The molecule has 1 atom stereocenters. The summed E-state index contributed by atoms with van der Waals surface area (Å²) in [5.41, 5.74) is 4.86. The van der Waals surface area contributed by atoms with Crippen molar-refractivity contribution < 1.29 is 17.6 Å². The molecule has 114 valence electrons. The molecule has 0 fully saturated rings. The van der Waals surface area contributed by atoms with E-state index in [1.165, 1.54) is 6.07 Å². The van der Waals surface area contributed by atoms with Crippen LogP contribution in [0.3, 0.4) is 0 Å². The van der Waals surface area contributed by atoms with E-state index in [1.54, 1.807) is 0 Å². The molecule has 1 rings (SSSR count). The highest BCUT2D eigenvalue weighted by Crippen LogP contribution is 2.33. The van der Waals surface area contributed by atoms with Crippen molar-refractivity contribution in [2.45, 2.75) is 32.5 Å². The lowest BCUT2D eigenvalue weighted by atomic mass is 10.0. The van der Waals surface area contributed by atoms with Gasteiger partial charge in [0, 0.05) is 12.6 Å². The van der Waals surface area contributed by atoms with E-state index < -0.39 is 17.6 Å². The maximum Gasteiger partial charge on any atom is 0.419 e. The van der Waals surface area contributed by atoms with Gasteiger partial charge < -0.3 is 5.73 Å². The third-order valence-corrected chi connectivity index (χ3v) is 3.26. The lowest BCUT2D eigenvalue weighted by Crippen LogP contribution is -2.34. The molecule has 6 heteroatoms. The highest BCUT2D eigenvalue weighted by molar-refractivity contribution is 5.29. The zero-order valence-corrected chi connectivity index (χ0v) is 11.7. The number of alkyl halides is 3. The van der Waals surface area contributed by atoms with Crippen LogP contribution in [0, 0.1) is 5.82 Å². The van der Waals surface area contributed by atoms with Crippen LogP contribution in [0.1, 0.15) is 37.4 Å². The number of hydrogen-bond donors (Lipinski definition) is 1. The Morgan fingerprint density at radius 2 is 1.90 bits per heavy atom. The molecule has 20 heavy (non-hydrogen) atoms. The van der Waals surface area contributed by atoms with Crippen LogP contribution < -0.4 is 5.73 Å². The van der Waals surface area contributed by atoms with Crippen LogP contribution in [-0.2, 0) is 6.18 Å². The van der Waals surface area contributed by atoms with E-state index >= 15 is 0 Å². The van der Waals surface area contributed by atoms with Gasteiger partial charge in [0.25, 0.3) is 0 Å². The van der Waals surface area contributed by atoms with Gasteiger partial charge in [-0.05, 0) is 37.2 Å². The van der Waals surface area contributed by atoms with Crippen molar-refractivity contribution >= 4 is 0 Å². The molecule has 1 unspecified atom stereocenters. The number of hydrogen-bond acceptors (Lipinski definition) is 2. The van der Waals surface area contributed by atoms with E-state index in [-0.39, 0.29) is 12.6 Å². The molecule has 0 bridgehead atoms. The molecule has 1 aromatic carbocycles. The third kappa shape index (κ3) is 3.93. The minimum Gasteiger partial charge on any atom is -0.329 e. The van der Waals surface area contributed by atoms with Crippen LogP contribution in [0.25, 0.3) is 0 Å². The van der Waals surface area contributed by atoms with Gasteiger partial charge in [-0.15, -0.1) is 0 Å². The molecular formula is C14H20F4N2. The standard InChI is InChI=1S/C14H20F4N2/c1-3-7-20(4-2)13(9-19)10-5-6-12(15)11(8-10)14(16,17)18/h5-6,8,13H,3-4,7,9,19H2,1-2H3. The molecule has 0 spiro atoms. The molecular weight excluding hydrogens is 272 g/mol. The minimum absolute atomic E-state index is 0.191. The zero-order chi connectivity index (χ0) is 15.3. The first-order chi connectivity index (χ1) is 9.35. The molecule has 0 saturated carbocycles. The van der Waals surface area contributed by atoms with Crippen LogP contribution >= 0.6 is 0 Å². The molecule has 0 heterocycles. The summed E-state index contributed by atoms with van der Waals surface area (Å²) in [5.74, 6) is -1.25. The van der Waals surface area contributed by atoms with Gasteiger partial charge >= 0.3 is 6.18 Å². The molecule has 0 aliphatic heterocycles. The van der Waals surface area contributed by atoms with Crippen LogP contribution in [-0.4, -0.2) is 24.5 Å². The average molecular weight is 292 g/mol. The SMILES string of the molecule is CCCN(CC)C(CN)c1ccc(F)c(C(F)(F)F)c1. The number of nitrogens with zero attached hydrogens (tertiary/aromatic N) is 1. The van der Waals surface area contributed by atoms with Gasteiger partial charge in [0.1, 0.15) is 5.82 Å². The summed E-state index contributed by atoms with van der Waals surface area (Å²) in [5, 5.41) is 0. The van der Waals surface area contributed by atoms with Gasteiger partial charge in [-0.2, -0.15) is 13.2 Å². The van der Waals surface area contributed by atoms with Crippen molar-refractivity contribution in [1.82, 2.24) is 4.90 Å². The summed E-state index contributed by atoms with van der Waals surface area (Å²) < 4.78 is 51.5. The maximum absolute atomic E-state index is 13.3. The topological polar surface area (TPSA) is 29.3 Å². The Hall–Kier alpha value is -1.14. The zero-order valence-electron chi connectivity index (χ0n) is 11.7. The molecule has 2 N–H and O–H groups in total. The van der Waals surface area contributed by atoms with Crippen molar-refractivity contribution in [2.24, 2.45) is 5.73 Å². The van der Waals surface area contributed by atoms with Gasteiger partial charge in [-0.1, -0.05) is 19.9 Å². The number of rotatable bonds is 6. The molecule has 0 amide bonds. The Morgan fingerprint density at radius 3 is 2.35 bits per heavy atom. The van der Waals surface area contributed by atoms with Crippen molar-refractivity contribution in [3.05, 3.63) is 35.1 Å². The van der Waals surface area contributed by atoms with Gasteiger partial charge in [0.05, 0.1) is 5.56 Å². The summed E-state index contributed by atoms with van der Waals surface area (Å²) in [6.07, 6.45) is -3.82. The van der Waals surface area contributed by atoms with E-state index in [4.69, 9.17) is 5.73 Å². The second-order valence-electron chi connectivity index (χ2n) is 4.62. The fraction of sp³-hybridized carbons (Fsp3) is 0.571. The van der Waals surface area contributed by atoms with Gasteiger partial charge in [-0.25, -0.2) is 4.39 Å². The number of likely N-dealkylation sites (N-methyl/N-ethyl adjacent to an activating group) is 1. The van der Waals surface area contributed by atoms with E-state index in [0.29, 0.717) is 12.1 Å². The number of benzene rings is 1. The monoisotopic (exact) mass is 292 g/mol. The molecule has 1 aromatic rings. The lowest BCUT2D eigenvalue weighted by Gasteiger charge is -2.30. The summed E-state index contributed by atoms with van der Waals surface area (Å²) in [7, 11) is 0. The Bertz CT molecular complexity index is 432. The first-order valence-electron chi connectivity index (χ1n) is 6.65. The largest absolute Gasteiger partial charge is 0.419 e. The van der Waals surface area contributed by atoms with Gasteiger partial charge in [0.2, 0.25) is 0 Å². The van der Waals surface area contributed by atoms with Crippen LogP contribution in [0.5, 0.6) is 0 Å². The molecule has 0 aliphatic carbocycles. The first-order valence-corrected chi connectivity index (χ1v) is 6.65. The summed E-state index contributed by atoms with van der Waals surface area (Å²) in [6.45, 7) is 5.51. The minimum atomic E-state index is -4.69. The first kappa shape index (κ1) is 16.9. The van der Waals surface area contributed by atoms with Crippen LogP contribution in [0.15, 0.2) is 18.2 Å². The van der Waals surface area contributed by atoms with Gasteiger partial charge in [-0.3, -0.25) is 4.90 Å². The lowest BCUT2D eigenvalue weighted by molar-refractivity contribution is -0.140. The molecule has 0 saturated heterocycles. The summed E-state index contributed by atoms with van der Waals surface area (Å²) >= 11 is 0. The van der Waals surface area contributed by atoms with E-state index in [1.807, 2.05) is 18.7 Å². The fourth-order valence-electron chi connectivity index (χ4n) is 2.28. The van der Waals surface area contributed by atoms with E-state index in [2.05, 4.69) is 0 Å². The summed E-state index contributed by atoms with van der Waals surface area (Å²) in [6, 6.07) is 2.77. The van der Waals surface area contributed by atoms with E-state index in [9.17, 15) is 17.6 Å². The Balaban J connectivity index is 3.16. The second kappa shape index (κ2) is 7.04.